The molecule has 0 amide bonds. The molecular weight excluding hydrogens is 210 g/mol. The van der Waals surface area contributed by atoms with Gasteiger partial charge in [-0.25, -0.2) is 4.79 Å². The second-order valence-electron chi connectivity index (χ2n) is 4.05. The maximum absolute atomic E-state index is 11.8. The van der Waals surface area contributed by atoms with Gasteiger partial charge in [-0.2, -0.15) is 0 Å². The third kappa shape index (κ3) is 1.70. The van der Waals surface area contributed by atoms with E-state index in [1.54, 1.807) is 6.92 Å². The molecule has 1 saturated heterocycles. The van der Waals surface area contributed by atoms with Gasteiger partial charge in [-0.1, -0.05) is 0 Å². The molecule has 0 spiro atoms. The van der Waals surface area contributed by atoms with Gasteiger partial charge in [0.15, 0.2) is 0 Å². The molecule has 2 N–H and O–H groups in total. The van der Waals surface area contributed by atoms with Crippen LogP contribution in [0.1, 0.15) is 19.6 Å². The van der Waals surface area contributed by atoms with Crippen LogP contribution in [0, 0.1) is 5.41 Å². The van der Waals surface area contributed by atoms with Crippen molar-refractivity contribution >= 4 is 0 Å². The summed E-state index contributed by atoms with van der Waals surface area (Å²) < 4.78 is 8.12. The first-order valence-electron chi connectivity index (χ1n) is 5.17. The van der Waals surface area contributed by atoms with E-state index in [4.69, 9.17) is 10.1 Å². The molecule has 1 aromatic rings. The number of aromatic nitrogens is 2. The summed E-state index contributed by atoms with van der Waals surface area (Å²) in [7, 11) is 1.54. The smallest absolute Gasteiger partial charge is 0.331 e. The van der Waals surface area contributed by atoms with Gasteiger partial charge in [-0.15, -0.1) is 0 Å². The zero-order chi connectivity index (χ0) is 11.9. The van der Waals surface area contributed by atoms with Crippen molar-refractivity contribution in [2.24, 2.45) is 7.05 Å². The molecule has 1 aromatic heterocycles. The Hall–Kier alpha value is -1.40. The van der Waals surface area contributed by atoms with Crippen LogP contribution in [0.4, 0.5) is 0 Å². The molecule has 88 valence electrons. The minimum atomic E-state index is -0.544. The van der Waals surface area contributed by atoms with Crippen LogP contribution in [0.3, 0.4) is 0 Å². The van der Waals surface area contributed by atoms with Gasteiger partial charge in [0.05, 0.1) is 12.2 Å². The summed E-state index contributed by atoms with van der Waals surface area (Å²) in [5.74, 6) is 0. The summed E-state index contributed by atoms with van der Waals surface area (Å²) >= 11 is 0. The predicted octanol–water partition coefficient (Wildman–Crippen LogP) is -0.665. The molecule has 0 aromatic carbocycles. The van der Waals surface area contributed by atoms with Gasteiger partial charge in [-0.3, -0.25) is 14.5 Å². The maximum atomic E-state index is 11.8. The molecule has 2 rings (SSSR count). The lowest BCUT2D eigenvalue weighted by molar-refractivity contribution is -0.0106. The topological polar surface area (TPSA) is 80.2 Å². The average Bonchev–Trinajstić information content (AvgIpc) is 2.56. The lowest BCUT2D eigenvalue weighted by atomic mass is 10.2. The van der Waals surface area contributed by atoms with Crippen LogP contribution in [0.25, 0.3) is 0 Å². The number of nitrogens with one attached hydrogen (secondary N) is 1. The molecular formula is C10H15N3O3. The zero-order valence-corrected chi connectivity index (χ0v) is 9.25. The average molecular weight is 225 g/mol. The first kappa shape index (κ1) is 11.1. The SMILES string of the molecule is CC1O[C@@H](n2ccc(=N)n(C)c2=O)C[C@H]1O. The number of hydrogen-bond acceptors (Lipinski definition) is 4. The number of nitrogens with zero attached hydrogens (tertiary/aromatic N) is 2. The second-order valence-corrected chi connectivity index (χ2v) is 4.05. The highest BCUT2D eigenvalue weighted by Crippen LogP contribution is 2.26. The molecule has 1 aliphatic rings. The van der Waals surface area contributed by atoms with E-state index >= 15 is 0 Å². The second kappa shape index (κ2) is 3.88. The van der Waals surface area contributed by atoms with Crippen molar-refractivity contribution in [1.82, 2.24) is 9.13 Å². The highest BCUT2D eigenvalue weighted by Gasteiger charge is 2.32. The molecule has 1 aliphatic heterocycles. The molecule has 1 fully saturated rings. The third-order valence-electron chi connectivity index (χ3n) is 2.93. The zero-order valence-electron chi connectivity index (χ0n) is 9.25. The van der Waals surface area contributed by atoms with Crippen LogP contribution >= 0.6 is 0 Å². The number of rotatable bonds is 1. The Morgan fingerprint density at radius 2 is 2.31 bits per heavy atom. The molecule has 0 bridgehead atoms. The van der Waals surface area contributed by atoms with E-state index in [1.807, 2.05) is 0 Å². The molecule has 3 atom stereocenters. The standard InChI is InChI=1S/C10H15N3O3/c1-6-7(14)5-9(16-6)13-4-3-8(11)12(2)10(13)15/h3-4,6-7,9,11,14H,5H2,1-2H3/t6?,7-,9-/m1/s1. The molecule has 1 unspecified atom stereocenters. The summed E-state index contributed by atoms with van der Waals surface area (Å²) in [6.07, 6.45) is 0.679. The fourth-order valence-electron chi connectivity index (χ4n) is 1.79. The van der Waals surface area contributed by atoms with Gasteiger partial charge >= 0.3 is 5.69 Å². The van der Waals surface area contributed by atoms with E-state index in [-0.39, 0.29) is 17.3 Å². The Labute approximate surface area is 92.2 Å². The molecule has 16 heavy (non-hydrogen) atoms. The molecule has 0 saturated carbocycles. The summed E-state index contributed by atoms with van der Waals surface area (Å²) in [5, 5.41) is 17.0. The summed E-state index contributed by atoms with van der Waals surface area (Å²) in [4.78, 5) is 11.8. The Bertz CT molecular complexity index is 495. The highest BCUT2D eigenvalue weighted by atomic mass is 16.5. The van der Waals surface area contributed by atoms with E-state index in [0.717, 1.165) is 0 Å². The van der Waals surface area contributed by atoms with E-state index in [1.165, 1.54) is 28.4 Å². The largest absolute Gasteiger partial charge is 0.390 e. The van der Waals surface area contributed by atoms with E-state index in [9.17, 15) is 9.90 Å². The van der Waals surface area contributed by atoms with Crippen LogP contribution in [0.15, 0.2) is 17.1 Å². The summed E-state index contributed by atoms with van der Waals surface area (Å²) in [5.41, 5.74) is -0.161. The molecule has 6 nitrogen and oxygen atoms in total. The first-order chi connectivity index (χ1) is 7.50. The van der Waals surface area contributed by atoms with Crippen LogP contribution in [-0.2, 0) is 11.8 Å². The van der Waals surface area contributed by atoms with Crippen LogP contribution in [0.2, 0.25) is 0 Å². The van der Waals surface area contributed by atoms with Crippen molar-refractivity contribution in [3.63, 3.8) is 0 Å². The van der Waals surface area contributed by atoms with Gasteiger partial charge in [0.25, 0.3) is 0 Å². The van der Waals surface area contributed by atoms with Crippen molar-refractivity contribution in [1.29, 1.82) is 5.41 Å². The molecule has 0 aliphatic carbocycles. The Morgan fingerprint density at radius 3 is 2.88 bits per heavy atom. The lowest BCUT2D eigenvalue weighted by Crippen LogP contribution is -2.38. The fraction of sp³-hybridized carbons (Fsp3) is 0.600. The number of aliphatic hydroxyl groups is 1. The number of ether oxygens (including phenoxy) is 1. The number of hydrogen-bond donors (Lipinski definition) is 2. The van der Waals surface area contributed by atoms with Crippen molar-refractivity contribution in [3.8, 4) is 0 Å². The monoisotopic (exact) mass is 225 g/mol. The quantitative estimate of drug-likeness (QED) is 0.665. The maximum Gasteiger partial charge on any atom is 0.331 e. The Balaban J connectivity index is 2.40. The summed E-state index contributed by atoms with van der Waals surface area (Å²) in [6, 6.07) is 1.53. The van der Waals surface area contributed by atoms with E-state index in [0.29, 0.717) is 6.42 Å². The van der Waals surface area contributed by atoms with Gasteiger partial charge in [0.2, 0.25) is 0 Å². The fourth-order valence-corrected chi connectivity index (χ4v) is 1.79. The minimum absolute atomic E-state index is 0.146. The van der Waals surface area contributed by atoms with Crippen molar-refractivity contribution in [2.75, 3.05) is 0 Å². The number of aliphatic hydroxyl groups excluding tert-OH is 1. The highest BCUT2D eigenvalue weighted by molar-refractivity contribution is 4.87. The first-order valence-corrected chi connectivity index (χ1v) is 5.17. The molecule has 6 heteroatoms. The Kier molecular flexibility index (Phi) is 2.69. The minimum Gasteiger partial charge on any atom is -0.390 e. The van der Waals surface area contributed by atoms with Gasteiger partial charge in [0.1, 0.15) is 11.7 Å². The molecule has 2 heterocycles. The van der Waals surface area contributed by atoms with Crippen LogP contribution in [-0.4, -0.2) is 26.4 Å². The van der Waals surface area contributed by atoms with Gasteiger partial charge in [-0.05, 0) is 13.0 Å². The Morgan fingerprint density at radius 1 is 1.62 bits per heavy atom. The normalized spacial score (nSPS) is 29.6. The van der Waals surface area contributed by atoms with Crippen molar-refractivity contribution < 1.29 is 9.84 Å². The van der Waals surface area contributed by atoms with E-state index < -0.39 is 12.3 Å². The van der Waals surface area contributed by atoms with Crippen molar-refractivity contribution in [2.45, 2.75) is 31.8 Å². The van der Waals surface area contributed by atoms with Crippen molar-refractivity contribution in [3.05, 3.63) is 28.2 Å². The van der Waals surface area contributed by atoms with Crippen LogP contribution in [0.5, 0.6) is 0 Å². The predicted molar refractivity (Wildman–Crippen MR) is 55.7 cm³/mol. The van der Waals surface area contributed by atoms with Crippen LogP contribution < -0.4 is 11.2 Å². The third-order valence-corrected chi connectivity index (χ3v) is 2.93. The van der Waals surface area contributed by atoms with Gasteiger partial charge in [0, 0.05) is 19.7 Å². The summed E-state index contributed by atoms with van der Waals surface area (Å²) in [6.45, 7) is 1.77. The van der Waals surface area contributed by atoms with E-state index in [2.05, 4.69) is 0 Å². The molecule has 0 radical (unpaired) electrons. The van der Waals surface area contributed by atoms with Gasteiger partial charge < -0.3 is 9.84 Å². The lowest BCUT2D eigenvalue weighted by Gasteiger charge is -2.14.